The molecule has 0 radical (unpaired) electrons. The van der Waals surface area contributed by atoms with Crippen LogP contribution in [-0.4, -0.2) is 21.8 Å². The van der Waals surface area contributed by atoms with Crippen LogP contribution in [0.4, 0.5) is 13.2 Å². The maximum absolute atomic E-state index is 12.7. The number of hydrogen-bond donors (Lipinski definition) is 1. The molecule has 2 aromatic rings. The number of Topliss-reactive ketones (excluding diaryl/α,β-unsaturated/α-hetero) is 1. The fourth-order valence-corrected chi connectivity index (χ4v) is 1.67. The molecule has 1 aromatic heterocycles. The number of benzene rings is 1. The lowest BCUT2D eigenvalue weighted by Gasteiger charge is -2.09. The Morgan fingerprint density at radius 2 is 1.84 bits per heavy atom. The van der Waals surface area contributed by atoms with Crippen LogP contribution >= 0.6 is 0 Å². The standard InChI is InChI=1S/C12H6F3NO3/c13-12(14,15)9-5-16-4-7-3-6(1-2-8(7)9)10(17)11(18)19/h1-5H,(H,18,19). The van der Waals surface area contributed by atoms with E-state index in [1.807, 2.05) is 0 Å². The summed E-state index contributed by atoms with van der Waals surface area (Å²) in [7, 11) is 0. The van der Waals surface area contributed by atoms with Crippen LogP contribution in [0, 0.1) is 0 Å². The molecule has 2 rings (SSSR count). The first-order valence-corrected chi connectivity index (χ1v) is 5.03. The normalized spacial score (nSPS) is 11.5. The second kappa shape index (κ2) is 4.34. The lowest BCUT2D eigenvalue weighted by atomic mass is 10.0. The van der Waals surface area contributed by atoms with Crippen molar-refractivity contribution < 1.29 is 27.9 Å². The maximum Gasteiger partial charge on any atom is 0.418 e. The van der Waals surface area contributed by atoms with Crippen molar-refractivity contribution >= 4 is 22.5 Å². The minimum Gasteiger partial charge on any atom is -0.475 e. The molecule has 0 aliphatic heterocycles. The smallest absolute Gasteiger partial charge is 0.418 e. The van der Waals surface area contributed by atoms with Crippen molar-refractivity contribution in [2.24, 2.45) is 0 Å². The van der Waals surface area contributed by atoms with Crippen LogP contribution in [0.3, 0.4) is 0 Å². The Balaban J connectivity index is 2.64. The molecule has 19 heavy (non-hydrogen) atoms. The summed E-state index contributed by atoms with van der Waals surface area (Å²) in [5.74, 6) is -2.85. The first-order valence-electron chi connectivity index (χ1n) is 5.03. The number of hydrogen-bond acceptors (Lipinski definition) is 3. The van der Waals surface area contributed by atoms with Gasteiger partial charge in [-0.25, -0.2) is 4.79 Å². The molecule has 0 saturated heterocycles. The van der Waals surface area contributed by atoms with Gasteiger partial charge in [0.15, 0.2) is 0 Å². The highest BCUT2D eigenvalue weighted by molar-refractivity contribution is 6.40. The quantitative estimate of drug-likeness (QED) is 0.672. The van der Waals surface area contributed by atoms with Crippen LogP contribution in [0.5, 0.6) is 0 Å². The molecule has 1 N–H and O–H groups in total. The van der Waals surface area contributed by atoms with E-state index < -0.39 is 23.5 Å². The molecule has 0 amide bonds. The zero-order valence-corrected chi connectivity index (χ0v) is 9.23. The van der Waals surface area contributed by atoms with Gasteiger partial charge in [0, 0.05) is 23.3 Å². The number of ketones is 1. The zero-order chi connectivity index (χ0) is 14.2. The van der Waals surface area contributed by atoms with Gasteiger partial charge in [0.1, 0.15) is 0 Å². The molecule has 0 bridgehead atoms. The third-order valence-corrected chi connectivity index (χ3v) is 2.52. The van der Waals surface area contributed by atoms with Crippen molar-refractivity contribution in [3.05, 3.63) is 41.7 Å². The molecule has 0 aliphatic carbocycles. The van der Waals surface area contributed by atoms with Gasteiger partial charge in [0.05, 0.1) is 5.56 Å². The summed E-state index contributed by atoms with van der Waals surface area (Å²) < 4.78 is 38.1. The number of halogens is 3. The van der Waals surface area contributed by atoms with Crippen molar-refractivity contribution in [2.45, 2.75) is 6.18 Å². The molecule has 0 spiro atoms. The number of carbonyl (C=O) groups is 2. The van der Waals surface area contributed by atoms with Crippen LogP contribution in [0.15, 0.2) is 30.6 Å². The van der Waals surface area contributed by atoms with Crippen molar-refractivity contribution in [1.29, 1.82) is 0 Å². The van der Waals surface area contributed by atoms with Gasteiger partial charge in [0.25, 0.3) is 5.78 Å². The van der Waals surface area contributed by atoms with Crippen LogP contribution in [-0.2, 0) is 11.0 Å². The largest absolute Gasteiger partial charge is 0.475 e. The number of fused-ring (bicyclic) bond motifs is 1. The molecule has 0 saturated carbocycles. The number of pyridine rings is 1. The fourth-order valence-electron chi connectivity index (χ4n) is 1.67. The van der Waals surface area contributed by atoms with Gasteiger partial charge in [-0.3, -0.25) is 9.78 Å². The predicted octanol–water partition coefficient (Wildman–Crippen LogP) is 2.52. The molecule has 0 atom stereocenters. The summed E-state index contributed by atoms with van der Waals surface area (Å²) in [4.78, 5) is 25.2. The molecular formula is C12H6F3NO3. The van der Waals surface area contributed by atoms with E-state index in [-0.39, 0.29) is 16.3 Å². The third kappa shape index (κ3) is 2.40. The number of rotatable bonds is 2. The van der Waals surface area contributed by atoms with Crippen molar-refractivity contribution in [2.75, 3.05) is 0 Å². The van der Waals surface area contributed by atoms with Crippen LogP contribution in [0.1, 0.15) is 15.9 Å². The first-order chi connectivity index (χ1) is 8.80. The Labute approximate surface area is 104 Å². The van der Waals surface area contributed by atoms with Gasteiger partial charge < -0.3 is 5.11 Å². The number of nitrogens with zero attached hydrogens (tertiary/aromatic N) is 1. The second-order valence-electron chi connectivity index (χ2n) is 3.76. The summed E-state index contributed by atoms with van der Waals surface area (Å²) in [6.07, 6.45) is -2.74. The summed E-state index contributed by atoms with van der Waals surface area (Å²) in [6, 6.07) is 3.19. The van der Waals surface area contributed by atoms with Crippen LogP contribution in [0.25, 0.3) is 10.8 Å². The van der Waals surface area contributed by atoms with Gasteiger partial charge in [-0.1, -0.05) is 12.1 Å². The molecule has 98 valence electrons. The average Bonchev–Trinajstić information content (AvgIpc) is 2.35. The molecule has 1 heterocycles. The summed E-state index contributed by atoms with van der Waals surface area (Å²) in [5, 5.41) is 8.47. The van der Waals surface area contributed by atoms with E-state index in [1.165, 1.54) is 0 Å². The minimum atomic E-state index is -4.56. The monoisotopic (exact) mass is 269 g/mol. The molecule has 0 fully saturated rings. The Hall–Kier alpha value is -2.44. The van der Waals surface area contributed by atoms with Gasteiger partial charge in [-0.05, 0) is 11.5 Å². The molecular weight excluding hydrogens is 263 g/mol. The highest BCUT2D eigenvalue weighted by atomic mass is 19.4. The van der Waals surface area contributed by atoms with Crippen LogP contribution in [0.2, 0.25) is 0 Å². The number of carbonyl (C=O) groups excluding carboxylic acids is 1. The Bertz CT molecular complexity index is 679. The summed E-state index contributed by atoms with van der Waals surface area (Å²) >= 11 is 0. The van der Waals surface area contributed by atoms with Crippen LogP contribution < -0.4 is 0 Å². The number of aromatic nitrogens is 1. The first kappa shape index (κ1) is 13.0. The Kier molecular flexibility index (Phi) is 2.97. The van der Waals surface area contributed by atoms with Gasteiger partial charge in [0.2, 0.25) is 0 Å². The predicted molar refractivity (Wildman–Crippen MR) is 58.7 cm³/mol. The van der Waals surface area contributed by atoms with E-state index in [2.05, 4.69) is 4.98 Å². The van der Waals surface area contributed by atoms with Crippen molar-refractivity contribution in [3.63, 3.8) is 0 Å². The topological polar surface area (TPSA) is 67.3 Å². The van der Waals surface area contributed by atoms with E-state index in [0.717, 1.165) is 24.4 Å². The second-order valence-corrected chi connectivity index (χ2v) is 3.76. The average molecular weight is 269 g/mol. The Morgan fingerprint density at radius 1 is 1.16 bits per heavy atom. The summed E-state index contributed by atoms with van der Waals surface area (Å²) in [5.41, 5.74) is -1.12. The van der Waals surface area contributed by atoms with Crippen molar-refractivity contribution in [1.82, 2.24) is 4.98 Å². The molecule has 1 aromatic carbocycles. The zero-order valence-electron chi connectivity index (χ0n) is 9.23. The van der Waals surface area contributed by atoms with Crippen molar-refractivity contribution in [3.8, 4) is 0 Å². The highest BCUT2D eigenvalue weighted by Gasteiger charge is 2.33. The highest BCUT2D eigenvalue weighted by Crippen LogP contribution is 2.34. The Morgan fingerprint density at radius 3 is 2.42 bits per heavy atom. The van der Waals surface area contributed by atoms with Gasteiger partial charge in [-0.15, -0.1) is 0 Å². The van der Waals surface area contributed by atoms with E-state index in [4.69, 9.17) is 5.11 Å². The van der Waals surface area contributed by atoms with Gasteiger partial charge >= 0.3 is 12.1 Å². The lowest BCUT2D eigenvalue weighted by Crippen LogP contribution is -2.13. The molecule has 4 nitrogen and oxygen atoms in total. The SMILES string of the molecule is O=C(O)C(=O)c1ccc2c(C(F)(F)F)cncc2c1. The molecule has 0 aliphatic rings. The van der Waals surface area contributed by atoms with E-state index in [9.17, 15) is 22.8 Å². The fraction of sp³-hybridized carbons (Fsp3) is 0.0833. The van der Waals surface area contributed by atoms with E-state index >= 15 is 0 Å². The van der Waals surface area contributed by atoms with E-state index in [0.29, 0.717) is 6.20 Å². The maximum atomic E-state index is 12.7. The number of aliphatic carboxylic acids is 1. The number of alkyl halides is 3. The third-order valence-electron chi connectivity index (χ3n) is 2.52. The van der Waals surface area contributed by atoms with E-state index in [1.54, 1.807) is 0 Å². The number of carboxylic acid groups (broad SMARTS) is 1. The lowest BCUT2D eigenvalue weighted by molar-refractivity contribution is -0.136. The van der Waals surface area contributed by atoms with Gasteiger partial charge in [-0.2, -0.15) is 13.2 Å². The summed E-state index contributed by atoms with van der Waals surface area (Å²) in [6.45, 7) is 0. The molecule has 0 unspecified atom stereocenters. The number of carboxylic acids is 1. The molecule has 7 heteroatoms. The minimum absolute atomic E-state index is 0.0573.